The van der Waals surface area contributed by atoms with E-state index in [9.17, 15) is 0 Å². The first-order valence-electron chi connectivity index (χ1n) is 17.3. The molecule has 0 saturated heterocycles. The molecule has 2 heterocycles. The van der Waals surface area contributed by atoms with Crippen LogP contribution in [0.2, 0.25) is 0 Å². The van der Waals surface area contributed by atoms with Gasteiger partial charge in [0, 0.05) is 27.5 Å². The molecule has 1 atom stereocenters. The maximum absolute atomic E-state index is 6.49. The number of hydrogen-bond acceptors (Lipinski definition) is 4. The smallest absolute Gasteiger partial charge is 0.170 e. The van der Waals surface area contributed by atoms with Gasteiger partial charge in [0.25, 0.3) is 0 Å². The van der Waals surface area contributed by atoms with E-state index in [0.29, 0.717) is 0 Å². The van der Waals surface area contributed by atoms with Crippen molar-refractivity contribution in [2.75, 3.05) is 0 Å². The molecule has 0 radical (unpaired) electrons. The van der Waals surface area contributed by atoms with Gasteiger partial charge in [-0.05, 0) is 74.1 Å². The number of nitrogens with zero attached hydrogens (tertiary/aromatic N) is 2. The molecular formula is C47H31N3O. The number of benzene rings is 8. The highest BCUT2D eigenvalue weighted by atomic mass is 16.3. The summed E-state index contributed by atoms with van der Waals surface area (Å²) in [5.74, 6) is 1.56. The fourth-order valence-electron chi connectivity index (χ4n) is 7.29. The van der Waals surface area contributed by atoms with Gasteiger partial charge in [0.15, 0.2) is 6.17 Å². The number of rotatable bonds is 5. The molecule has 240 valence electrons. The van der Waals surface area contributed by atoms with Crippen molar-refractivity contribution < 1.29 is 4.42 Å². The van der Waals surface area contributed by atoms with Crippen molar-refractivity contribution in [3.8, 4) is 22.3 Å². The van der Waals surface area contributed by atoms with Crippen molar-refractivity contribution in [1.82, 2.24) is 5.32 Å². The molecule has 1 aromatic heterocycles. The lowest BCUT2D eigenvalue weighted by molar-refractivity contribution is 0.668. The van der Waals surface area contributed by atoms with Crippen molar-refractivity contribution in [3.05, 3.63) is 193 Å². The molecule has 51 heavy (non-hydrogen) atoms. The summed E-state index contributed by atoms with van der Waals surface area (Å²) in [4.78, 5) is 10.6. The van der Waals surface area contributed by atoms with Crippen LogP contribution >= 0.6 is 0 Å². The molecule has 4 heteroatoms. The molecule has 0 saturated carbocycles. The minimum Gasteiger partial charge on any atom is -0.456 e. The van der Waals surface area contributed by atoms with Gasteiger partial charge in [0.05, 0.1) is 0 Å². The Morgan fingerprint density at radius 3 is 1.69 bits per heavy atom. The Labute approximate surface area is 295 Å². The highest BCUT2D eigenvalue weighted by Crippen LogP contribution is 2.38. The molecule has 8 aromatic carbocycles. The van der Waals surface area contributed by atoms with E-state index >= 15 is 0 Å². The van der Waals surface area contributed by atoms with Gasteiger partial charge in [-0.1, -0.05) is 146 Å². The minimum absolute atomic E-state index is 0.485. The molecule has 1 N–H and O–H groups in total. The Hall–Kier alpha value is -6.78. The zero-order valence-electron chi connectivity index (χ0n) is 27.6. The van der Waals surface area contributed by atoms with Crippen molar-refractivity contribution in [3.63, 3.8) is 0 Å². The second kappa shape index (κ2) is 12.0. The van der Waals surface area contributed by atoms with Gasteiger partial charge in [0.1, 0.15) is 22.8 Å². The summed E-state index contributed by atoms with van der Waals surface area (Å²) in [6.45, 7) is 0. The second-order valence-corrected chi connectivity index (χ2v) is 13.1. The first-order chi connectivity index (χ1) is 25.2. The Bertz CT molecular complexity index is 2830. The van der Waals surface area contributed by atoms with E-state index in [4.69, 9.17) is 14.4 Å². The summed E-state index contributed by atoms with van der Waals surface area (Å²) in [6.07, 6.45) is -0.485. The van der Waals surface area contributed by atoms with Crippen LogP contribution < -0.4 is 5.32 Å². The van der Waals surface area contributed by atoms with Crippen molar-refractivity contribution >= 4 is 55.2 Å². The monoisotopic (exact) mass is 653 g/mol. The number of aliphatic imine (C=N–C) groups is 2. The van der Waals surface area contributed by atoms with Crippen LogP contribution in [-0.2, 0) is 0 Å². The largest absolute Gasteiger partial charge is 0.456 e. The third kappa shape index (κ3) is 5.25. The van der Waals surface area contributed by atoms with E-state index in [0.717, 1.165) is 72.4 Å². The zero-order chi connectivity index (χ0) is 33.7. The Morgan fingerprint density at radius 2 is 0.941 bits per heavy atom. The highest BCUT2D eigenvalue weighted by molar-refractivity contribution is 6.17. The molecule has 1 aliphatic heterocycles. The van der Waals surface area contributed by atoms with E-state index in [1.807, 2.05) is 18.2 Å². The van der Waals surface area contributed by atoms with Crippen LogP contribution in [0.5, 0.6) is 0 Å². The van der Waals surface area contributed by atoms with Crippen molar-refractivity contribution in [2.45, 2.75) is 6.17 Å². The molecule has 1 aliphatic rings. The van der Waals surface area contributed by atoms with Crippen LogP contribution in [-0.4, -0.2) is 11.7 Å². The van der Waals surface area contributed by atoms with Gasteiger partial charge in [-0.25, -0.2) is 9.98 Å². The van der Waals surface area contributed by atoms with Crippen molar-refractivity contribution in [2.24, 2.45) is 9.98 Å². The molecule has 0 spiro atoms. The Kier molecular flexibility index (Phi) is 6.85. The van der Waals surface area contributed by atoms with Gasteiger partial charge in [-0.3, -0.25) is 0 Å². The molecule has 0 bridgehead atoms. The van der Waals surface area contributed by atoms with E-state index in [1.54, 1.807) is 0 Å². The van der Waals surface area contributed by atoms with Gasteiger partial charge >= 0.3 is 0 Å². The third-order valence-corrected chi connectivity index (χ3v) is 9.92. The number of amidine groups is 2. The van der Waals surface area contributed by atoms with Gasteiger partial charge < -0.3 is 9.73 Å². The summed E-state index contributed by atoms with van der Waals surface area (Å²) in [5, 5.41) is 10.5. The quantitative estimate of drug-likeness (QED) is 0.201. The molecule has 1 unspecified atom stereocenters. The molecule has 0 amide bonds. The predicted molar refractivity (Wildman–Crippen MR) is 211 cm³/mol. The van der Waals surface area contributed by atoms with Crippen LogP contribution in [0.4, 0.5) is 0 Å². The average Bonchev–Trinajstić information content (AvgIpc) is 3.59. The molecular weight excluding hydrogens is 623 g/mol. The topological polar surface area (TPSA) is 49.9 Å². The Balaban J connectivity index is 1.09. The first kappa shape index (κ1) is 29.2. The van der Waals surface area contributed by atoms with Gasteiger partial charge in [-0.2, -0.15) is 0 Å². The van der Waals surface area contributed by atoms with Crippen LogP contribution in [0.25, 0.3) is 65.7 Å². The summed E-state index contributed by atoms with van der Waals surface area (Å²) < 4.78 is 6.49. The summed E-state index contributed by atoms with van der Waals surface area (Å²) in [5.41, 5.74) is 9.30. The van der Waals surface area contributed by atoms with Crippen LogP contribution in [0, 0.1) is 0 Å². The van der Waals surface area contributed by atoms with E-state index in [-0.39, 0.29) is 0 Å². The van der Waals surface area contributed by atoms with Crippen molar-refractivity contribution in [1.29, 1.82) is 0 Å². The molecule has 0 aliphatic carbocycles. The van der Waals surface area contributed by atoms with Crippen LogP contribution in [0.1, 0.15) is 22.9 Å². The minimum atomic E-state index is -0.485. The highest BCUT2D eigenvalue weighted by Gasteiger charge is 2.24. The maximum atomic E-state index is 6.49. The number of hydrogen-bond donors (Lipinski definition) is 1. The zero-order valence-corrected chi connectivity index (χ0v) is 27.6. The summed E-state index contributed by atoms with van der Waals surface area (Å²) >= 11 is 0. The first-order valence-corrected chi connectivity index (χ1v) is 17.3. The second-order valence-electron chi connectivity index (χ2n) is 13.1. The normalized spacial score (nSPS) is 14.5. The number of furan rings is 1. The summed E-state index contributed by atoms with van der Waals surface area (Å²) in [6, 6.07) is 61.7. The molecule has 10 rings (SSSR count). The fourth-order valence-corrected chi connectivity index (χ4v) is 7.29. The Morgan fingerprint density at radius 1 is 0.392 bits per heavy atom. The van der Waals surface area contributed by atoms with E-state index in [1.165, 1.54) is 21.7 Å². The standard InChI is InChI=1S/C47H31N3O/c1-2-9-30(10-3-1)38-25-26-40-43(29-38)51-42-16-8-15-41(44(40)42)47-49-45(48-46(50-47)39-24-20-32-12-5-7-14-36(32)28-39)34-21-17-33(18-22-34)37-23-19-31-11-4-6-13-35(31)27-37/h1-29,47H,(H,48,49,50). The fraction of sp³-hybridized carbons (Fsp3) is 0.0213. The van der Waals surface area contributed by atoms with Crippen LogP contribution in [0.15, 0.2) is 190 Å². The van der Waals surface area contributed by atoms with Gasteiger partial charge in [0.2, 0.25) is 0 Å². The SMILES string of the molecule is c1ccc(-c2ccc3c(c2)oc2cccc(C4N=C(c5ccc(-c6ccc7ccccc7c6)cc5)NC(c5ccc6ccccc6c5)=N4)c23)cc1. The summed E-state index contributed by atoms with van der Waals surface area (Å²) in [7, 11) is 0. The predicted octanol–water partition coefficient (Wildman–Crippen LogP) is 11.7. The maximum Gasteiger partial charge on any atom is 0.170 e. The van der Waals surface area contributed by atoms with E-state index in [2.05, 4.69) is 163 Å². The molecule has 9 aromatic rings. The number of fused-ring (bicyclic) bond motifs is 5. The lowest BCUT2D eigenvalue weighted by atomic mass is 9.99. The lowest BCUT2D eigenvalue weighted by Gasteiger charge is -2.23. The third-order valence-electron chi connectivity index (χ3n) is 9.92. The van der Waals surface area contributed by atoms with E-state index < -0.39 is 6.17 Å². The molecule has 0 fully saturated rings. The average molecular weight is 654 g/mol. The van der Waals surface area contributed by atoms with Crippen LogP contribution in [0.3, 0.4) is 0 Å². The molecule has 4 nitrogen and oxygen atoms in total. The van der Waals surface area contributed by atoms with Gasteiger partial charge in [-0.15, -0.1) is 0 Å². The number of nitrogens with one attached hydrogen (secondary N) is 1. The lowest BCUT2D eigenvalue weighted by Crippen LogP contribution is -2.36.